The summed E-state index contributed by atoms with van der Waals surface area (Å²) in [6.07, 6.45) is 2.05. The largest absolute Gasteiger partial charge is 0.489 e. The van der Waals surface area contributed by atoms with Crippen molar-refractivity contribution in [2.75, 3.05) is 0 Å². The molecule has 5 nitrogen and oxygen atoms in total. The van der Waals surface area contributed by atoms with Crippen LogP contribution in [0.25, 0.3) is 11.3 Å². The van der Waals surface area contributed by atoms with Crippen molar-refractivity contribution in [2.24, 2.45) is 0 Å². The summed E-state index contributed by atoms with van der Waals surface area (Å²) in [6, 6.07) is 14.7. The quantitative estimate of drug-likeness (QED) is 0.234. The molecule has 37 heavy (non-hydrogen) atoms. The third-order valence-corrected chi connectivity index (χ3v) is 7.11. The summed E-state index contributed by atoms with van der Waals surface area (Å²) < 4.78 is 11.7. The van der Waals surface area contributed by atoms with Crippen LogP contribution in [-0.4, -0.2) is 16.2 Å². The Kier molecular flexibility index (Phi) is 7.37. The molecule has 0 bridgehead atoms. The third kappa shape index (κ3) is 5.58. The van der Waals surface area contributed by atoms with E-state index in [-0.39, 0.29) is 12.2 Å². The molecular weight excluding hydrogens is 556 g/mol. The van der Waals surface area contributed by atoms with Gasteiger partial charge in [0.25, 0.3) is 0 Å². The summed E-state index contributed by atoms with van der Waals surface area (Å²) in [5, 5.41) is 15.1. The molecule has 0 atom stereocenters. The Bertz CT molecular complexity index is 1560. The molecule has 0 unspecified atom stereocenters. The van der Waals surface area contributed by atoms with Crippen LogP contribution >= 0.6 is 46.4 Å². The van der Waals surface area contributed by atoms with Crippen LogP contribution in [0, 0.1) is 11.8 Å². The van der Waals surface area contributed by atoms with E-state index < -0.39 is 5.97 Å². The number of carboxylic acid groups (broad SMARTS) is 1. The number of aromatic carboxylic acids is 1. The maximum absolute atomic E-state index is 11.2. The van der Waals surface area contributed by atoms with Gasteiger partial charge in [-0.3, -0.25) is 0 Å². The number of aromatic nitrogens is 1. The molecule has 9 heteroatoms. The van der Waals surface area contributed by atoms with Crippen LogP contribution in [0.1, 0.15) is 51.6 Å². The van der Waals surface area contributed by atoms with Gasteiger partial charge >= 0.3 is 5.97 Å². The van der Waals surface area contributed by atoms with Gasteiger partial charge in [0.05, 0.1) is 31.2 Å². The van der Waals surface area contributed by atoms with E-state index in [0.29, 0.717) is 54.1 Å². The van der Waals surface area contributed by atoms with Crippen molar-refractivity contribution < 1.29 is 19.2 Å². The molecule has 1 aliphatic carbocycles. The van der Waals surface area contributed by atoms with E-state index in [9.17, 15) is 9.90 Å². The predicted molar refractivity (Wildman–Crippen MR) is 144 cm³/mol. The lowest BCUT2D eigenvalue weighted by Crippen LogP contribution is -2.00. The van der Waals surface area contributed by atoms with Gasteiger partial charge in [0.2, 0.25) is 0 Å². The average Bonchev–Trinajstić information content (AvgIpc) is 3.63. The second-order valence-electron chi connectivity index (χ2n) is 8.43. The fraction of sp³-hybridized carbons (Fsp3) is 0.143. The number of hydrogen-bond acceptors (Lipinski definition) is 4. The maximum Gasteiger partial charge on any atom is 0.335 e. The van der Waals surface area contributed by atoms with E-state index in [2.05, 4.69) is 17.0 Å². The summed E-state index contributed by atoms with van der Waals surface area (Å²) in [5.41, 5.74) is 2.99. The highest BCUT2D eigenvalue weighted by molar-refractivity contribution is 6.39. The van der Waals surface area contributed by atoms with Gasteiger partial charge in [0, 0.05) is 28.7 Å². The molecule has 0 amide bonds. The zero-order chi connectivity index (χ0) is 26.1. The van der Waals surface area contributed by atoms with Crippen molar-refractivity contribution in [1.29, 1.82) is 0 Å². The molecule has 0 saturated heterocycles. The topological polar surface area (TPSA) is 72.6 Å². The fourth-order valence-corrected chi connectivity index (χ4v) is 4.74. The molecule has 1 aromatic heterocycles. The van der Waals surface area contributed by atoms with Gasteiger partial charge < -0.3 is 14.4 Å². The lowest BCUT2D eigenvalue weighted by molar-refractivity contribution is 0.0697. The molecule has 0 spiro atoms. The summed E-state index contributed by atoms with van der Waals surface area (Å²) in [7, 11) is 0. The minimum absolute atomic E-state index is 0.0975. The molecule has 3 aromatic carbocycles. The molecule has 0 aliphatic heterocycles. The van der Waals surface area contributed by atoms with Crippen LogP contribution in [0.4, 0.5) is 0 Å². The molecule has 186 valence electrons. The first-order valence-electron chi connectivity index (χ1n) is 11.2. The Labute approximate surface area is 232 Å². The Morgan fingerprint density at radius 3 is 2.35 bits per heavy atom. The van der Waals surface area contributed by atoms with Crippen LogP contribution in [0.3, 0.4) is 0 Å². The molecule has 1 aliphatic rings. The molecule has 1 N–H and O–H groups in total. The number of rotatable bonds is 6. The van der Waals surface area contributed by atoms with Gasteiger partial charge in [-0.25, -0.2) is 4.79 Å². The highest BCUT2D eigenvalue weighted by atomic mass is 35.5. The smallest absolute Gasteiger partial charge is 0.335 e. The zero-order valence-corrected chi connectivity index (χ0v) is 22.0. The van der Waals surface area contributed by atoms with E-state index in [1.165, 1.54) is 18.2 Å². The Balaban J connectivity index is 1.38. The standard InChI is InChI=1S/C28H17Cl4NO4/c29-21-11-9-18(28(34)35)12-17(21)7-4-15-8-10-19(13-24(15)32)36-14-20-26(33-37-27(20)16-5-6-16)25-22(30)2-1-3-23(25)31/h1-3,8-13,16H,5-6,14H2,(H,34,35). The Morgan fingerprint density at radius 2 is 1.68 bits per heavy atom. The molecule has 1 fully saturated rings. The summed E-state index contributed by atoms with van der Waals surface area (Å²) in [6.45, 7) is 0.186. The number of carbonyl (C=O) groups is 1. The van der Waals surface area contributed by atoms with E-state index in [1.807, 2.05) is 0 Å². The highest BCUT2D eigenvalue weighted by Crippen LogP contribution is 2.46. The Morgan fingerprint density at radius 1 is 0.946 bits per heavy atom. The lowest BCUT2D eigenvalue weighted by Gasteiger charge is -2.10. The summed E-state index contributed by atoms with van der Waals surface area (Å²) in [4.78, 5) is 11.2. The first-order valence-corrected chi connectivity index (χ1v) is 12.7. The van der Waals surface area contributed by atoms with Crippen LogP contribution in [-0.2, 0) is 6.61 Å². The molecule has 1 heterocycles. The molecule has 4 aromatic rings. The number of halogens is 4. The van der Waals surface area contributed by atoms with Crippen molar-refractivity contribution in [3.63, 3.8) is 0 Å². The van der Waals surface area contributed by atoms with Crippen LogP contribution in [0.2, 0.25) is 20.1 Å². The number of carboxylic acids is 1. The normalized spacial score (nSPS) is 12.6. The van der Waals surface area contributed by atoms with Gasteiger partial charge in [-0.05, 0) is 55.3 Å². The number of benzene rings is 3. The van der Waals surface area contributed by atoms with Crippen molar-refractivity contribution >= 4 is 52.4 Å². The second-order valence-corrected chi connectivity index (χ2v) is 10.1. The van der Waals surface area contributed by atoms with Gasteiger partial charge in [-0.15, -0.1) is 0 Å². The van der Waals surface area contributed by atoms with Gasteiger partial charge in [-0.2, -0.15) is 0 Å². The lowest BCUT2D eigenvalue weighted by atomic mass is 10.0. The number of nitrogens with zero attached hydrogens (tertiary/aromatic N) is 1. The Hall–Kier alpha value is -3.14. The molecule has 1 saturated carbocycles. The van der Waals surface area contributed by atoms with E-state index in [0.717, 1.165) is 24.2 Å². The minimum Gasteiger partial charge on any atom is -0.489 e. The second kappa shape index (κ2) is 10.7. The van der Waals surface area contributed by atoms with Crippen molar-refractivity contribution in [2.45, 2.75) is 25.4 Å². The zero-order valence-electron chi connectivity index (χ0n) is 19.0. The average molecular weight is 573 g/mol. The van der Waals surface area contributed by atoms with Crippen LogP contribution < -0.4 is 4.74 Å². The van der Waals surface area contributed by atoms with E-state index >= 15 is 0 Å². The predicted octanol–water partition coefficient (Wildman–Crippen LogP) is 8.51. The van der Waals surface area contributed by atoms with E-state index in [4.69, 9.17) is 55.7 Å². The SMILES string of the molecule is O=C(O)c1ccc(Cl)c(C#Cc2ccc(OCc3c(-c4c(Cl)cccc4Cl)noc3C3CC3)cc2Cl)c1. The molecular formula is C28H17Cl4NO4. The van der Waals surface area contributed by atoms with Crippen molar-refractivity contribution in [3.05, 3.63) is 103 Å². The summed E-state index contributed by atoms with van der Waals surface area (Å²) in [5.74, 6) is 6.37. The highest BCUT2D eigenvalue weighted by Gasteiger charge is 2.33. The number of ether oxygens (including phenoxy) is 1. The minimum atomic E-state index is -1.06. The summed E-state index contributed by atoms with van der Waals surface area (Å²) >= 11 is 25.5. The molecule has 0 radical (unpaired) electrons. The third-order valence-electron chi connectivity index (χ3n) is 5.84. The van der Waals surface area contributed by atoms with E-state index in [1.54, 1.807) is 36.4 Å². The first-order chi connectivity index (χ1) is 17.8. The number of hydrogen-bond donors (Lipinski definition) is 1. The fourth-order valence-electron chi connectivity index (χ4n) is 3.78. The van der Waals surface area contributed by atoms with Crippen LogP contribution in [0.15, 0.2) is 59.1 Å². The van der Waals surface area contributed by atoms with Gasteiger partial charge in [0.15, 0.2) is 0 Å². The first kappa shape index (κ1) is 25.5. The molecule has 5 rings (SSSR count). The van der Waals surface area contributed by atoms with Gasteiger partial charge in [0.1, 0.15) is 23.8 Å². The monoisotopic (exact) mass is 571 g/mol. The van der Waals surface area contributed by atoms with Crippen molar-refractivity contribution in [3.8, 4) is 28.8 Å². The maximum atomic E-state index is 11.2. The van der Waals surface area contributed by atoms with Gasteiger partial charge in [-0.1, -0.05) is 69.5 Å². The van der Waals surface area contributed by atoms with Crippen molar-refractivity contribution in [1.82, 2.24) is 5.16 Å². The van der Waals surface area contributed by atoms with Crippen LogP contribution in [0.5, 0.6) is 5.75 Å².